The van der Waals surface area contributed by atoms with Crippen molar-refractivity contribution < 1.29 is 0 Å². The largest absolute Gasteiger partial charge is 0.260 e. The van der Waals surface area contributed by atoms with E-state index >= 15 is 0 Å². The van der Waals surface area contributed by atoms with Gasteiger partial charge in [0, 0.05) is 34.4 Å². The van der Waals surface area contributed by atoms with Gasteiger partial charge in [-0.15, -0.1) is 0 Å². The maximum absolute atomic E-state index is 4.48. The second-order valence-electron chi connectivity index (χ2n) is 4.00. The van der Waals surface area contributed by atoms with Crippen molar-refractivity contribution in [2.24, 2.45) is 4.99 Å². The van der Waals surface area contributed by atoms with Gasteiger partial charge in [-0.25, -0.2) is 0 Å². The number of aryl methyl sites for hydroxylation is 2. The first-order valence-electron chi connectivity index (χ1n) is 5.36. The van der Waals surface area contributed by atoms with Gasteiger partial charge in [-0.1, -0.05) is 6.92 Å². The zero-order valence-corrected chi connectivity index (χ0v) is 9.76. The van der Waals surface area contributed by atoms with Gasteiger partial charge in [0.2, 0.25) is 0 Å². The van der Waals surface area contributed by atoms with Gasteiger partial charge in [0.1, 0.15) is 0 Å². The lowest BCUT2D eigenvalue weighted by atomic mass is 9.95. The number of pyridine rings is 1. The van der Waals surface area contributed by atoms with Crippen LogP contribution in [-0.4, -0.2) is 10.7 Å². The molecule has 0 saturated heterocycles. The Morgan fingerprint density at radius 2 is 1.93 bits per heavy atom. The molecule has 2 heterocycles. The number of allylic oxidation sites excluding steroid dienone is 2. The first-order chi connectivity index (χ1) is 7.13. The monoisotopic (exact) mass is 200 g/mol. The Morgan fingerprint density at radius 3 is 2.40 bits per heavy atom. The molecule has 0 aliphatic carbocycles. The first-order valence-corrected chi connectivity index (χ1v) is 5.36. The van der Waals surface area contributed by atoms with E-state index in [2.05, 4.69) is 29.9 Å². The third-order valence-electron chi connectivity index (χ3n) is 2.87. The fourth-order valence-electron chi connectivity index (χ4n) is 2.10. The molecule has 0 bridgehead atoms. The predicted octanol–water partition coefficient (Wildman–Crippen LogP) is 3.16. The van der Waals surface area contributed by atoms with Gasteiger partial charge in [-0.2, -0.15) is 0 Å². The van der Waals surface area contributed by atoms with Gasteiger partial charge in [0.05, 0.1) is 0 Å². The highest BCUT2D eigenvalue weighted by Gasteiger charge is 2.17. The van der Waals surface area contributed by atoms with Crippen LogP contribution in [0.25, 0.3) is 5.57 Å². The average molecular weight is 200 g/mol. The van der Waals surface area contributed by atoms with Crippen molar-refractivity contribution in [3.63, 3.8) is 0 Å². The van der Waals surface area contributed by atoms with Gasteiger partial charge >= 0.3 is 0 Å². The number of nitrogens with zero attached hydrogens (tertiary/aromatic N) is 2. The molecule has 1 aromatic rings. The molecule has 1 aromatic heterocycles. The van der Waals surface area contributed by atoms with Crippen LogP contribution >= 0.6 is 0 Å². The Hall–Kier alpha value is -1.44. The molecule has 78 valence electrons. The summed E-state index contributed by atoms with van der Waals surface area (Å²) in [5.74, 6) is 0. The molecular weight excluding hydrogens is 184 g/mol. The van der Waals surface area contributed by atoms with Gasteiger partial charge in [0.25, 0.3) is 0 Å². The summed E-state index contributed by atoms with van der Waals surface area (Å²) in [5.41, 5.74) is 7.18. The van der Waals surface area contributed by atoms with E-state index in [1.165, 1.54) is 22.4 Å². The number of aliphatic imine (C=N–C) groups is 1. The number of aromatic nitrogens is 1. The zero-order valence-electron chi connectivity index (χ0n) is 9.76. The van der Waals surface area contributed by atoms with Gasteiger partial charge < -0.3 is 0 Å². The number of rotatable bonds is 2. The third-order valence-corrected chi connectivity index (χ3v) is 2.87. The third kappa shape index (κ3) is 1.60. The number of hydrogen-bond donors (Lipinski definition) is 0. The predicted molar refractivity (Wildman–Crippen MR) is 64.1 cm³/mol. The van der Waals surface area contributed by atoms with E-state index in [9.17, 15) is 0 Å². The molecule has 0 unspecified atom stereocenters. The number of hydrogen-bond acceptors (Lipinski definition) is 2. The molecule has 0 aromatic carbocycles. The summed E-state index contributed by atoms with van der Waals surface area (Å²) >= 11 is 0. The van der Waals surface area contributed by atoms with Crippen LogP contribution in [0.1, 0.15) is 37.6 Å². The van der Waals surface area contributed by atoms with Crippen LogP contribution < -0.4 is 0 Å². The lowest BCUT2D eigenvalue weighted by Crippen LogP contribution is -2.09. The Balaban J connectivity index is 2.40. The Bertz CT molecular complexity index is 467. The Kier molecular flexibility index (Phi) is 2.43. The van der Waals surface area contributed by atoms with Crippen LogP contribution in [0.15, 0.2) is 23.0 Å². The molecule has 15 heavy (non-hydrogen) atoms. The minimum atomic E-state index is 0.997. The molecule has 1 aliphatic rings. The van der Waals surface area contributed by atoms with Crippen LogP contribution in [-0.2, 0) is 6.42 Å². The second-order valence-corrected chi connectivity index (χ2v) is 4.00. The van der Waals surface area contributed by atoms with Crippen molar-refractivity contribution in [3.8, 4) is 0 Å². The van der Waals surface area contributed by atoms with Crippen molar-refractivity contribution in [1.82, 2.24) is 4.98 Å². The fraction of sp³-hybridized carbons (Fsp3) is 0.385. The molecule has 0 radical (unpaired) electrons. The van der Waals surface area contributed by atoms with E-state index in [-0.39, 0.29) is 0 Å². The van der Waals surface area contributed by atoms with Crippen LogP contribution in [0.3, 0.4) is 0 Å². The summed E-state index contributed by atoms with van der Waals surface area (Å²) < 4.78 is 0. The SMILES string of the molecule is CCc1ncc(C2=C(C)N=C2C)cc1C. The van der Waals surface area contributed by atoms with Crippen LogP contribution in [0.4, 0.5) is 0 Å². The lowest BCUT2D eigenvalue weighted by molar-refractivity contribution is 1.00. The van der Waals surface area contributed by atoms with E-state index in [1.54, 1.807) is 0 Å². The standard InChI is InChI=1S/C13H16N2/c1-5-12-8(2)6-11(7-14-12)13-9(3)15-10(13)4/h6-7H,5H2,1-4H3. The van der Waals surface area contributed by atoms with E-state index in [0.717, 1.165) is 17.8 Å². The molecule has 0 spiro atoms. The maximum Gasteiger partial charge on any atom is 0.0473 e. The molecule has 2 rings (SSSR count). The van der Waals surface area contributed by atoms with E-state index < -0.39 is 0 Å². The lowest BCUT2D eigenvalue weighted by Gasteiger charge is -2.18. The summed E-state index contributed by atoms with van der Waals surface area (Å²) in [5, 5.41) is 0. The Labute approximate surface area is 90.8 Å². The van der Waals surface area contributed by atoms with Crippen molar-refractivity contribution in [3.05, 3.63) is 34.8 Å². The van der Waals surface area contributed by atoms with Crippen LogP contribution in [0, 0.1) is 6.92 Å². The van der Waals surface area contributed by atoms with Crippen molar-refractivity contribution >= 4 is 11.3 Å². The summed E-state index contributed by atoms with van der Waals surface area (Å²) in [6, 6.07) is 2.21. The zero-order chi connectivity index (χ0) is 11.0. The summed E-state index contributed by atoms with van der Waals surface area (Å²) in [7, 11) is 0. The average Bonchev–Trinajstić information content (AvgIpc) is 2.17. The van der Waals surface area contributed by atoms with Crippen molar-refractivity contribution in [1.29, 1.82) is 0 Å². The highest BCUT2D eigenvalue weighted by molar-refractivity contribution is 6.28. The molecule has 1 aliphatic heterocycles. The minimum Gasteiger partial charge on any atom is -0.260 e. The van der Waals surface area contributed by atoms with Crippen molar-refractivity contribution in [2.75, 3.05) is 0 Å². The molecule has 0 fully saturated rings. The van der Waals surface area contributed by atoms with Crippen LogP contribution in [0.2, 0.25) is 0 Å². The molecular formula is C13H16N2. The molecule has 0 amide bonds. The quantitative estimate of drug-likeness (QED) is 0.720. The topological polar surface area (TPSA) is 25.2 Å². The molecule has 2 heteroatoms. The Morgan fingerprint density at radius 1 is 1.20 bits per heavy atom. The highest BCUT2D eigenvalue weighted by Crippen LogP contribution is 2.29. The normalized spacial score (nSPS) is 15.1. The molecule has 2 nitrogen and oxygen atoms in total. The summed E-state index contributed by atoms with van der Waals surface area (Å²) in [6.07, 6.45) is 2.96. The summed E-state index contributed by atoms with van der Waals surface area (Å²) in [6.45, 7) is 8.35. The van der Waals surface area contributed by atoms with Gasteiger partial charge in [-0.3, -0.25) is 9.98 Å². The molecule has 0 saturated carbocycles. The molecule has 0 atom stereocenters. The second kappa shape index (κ2) is 3.61. The van der Waals surface area contributed by atoms with Crippen molar-refractivity contribution in [2.45, 2.75) is 34.1 Å². The minimum absolute atomic E-state index is 0.997. The first kappa shape index (κ1) is 10.1. The smallest absolute Gasteiger partial charge is 0.0473 e. The maximum atomic E-state index is 4.48. The van der Waals surface area contributed by atoms with E-state index in [4.69, 9.17) is 0 Å². The fourth-order valence-corrected chi connectivity index (χ4v) is 2.10. The van der Waals surface area contributed by atoms with Gasteiger partial charge in [-0.05, 0) is 38.8 Å². The summed E-state index contributed by atoms with van der Waals surface area (Å²) in [4.78, 5) is 8.80. The van der Waals surface area contributed by atoms with E-state index in [1.807, 2.05) is 20.0 Å². The van der Waals surface area contributed by atoms with Gasteiger partial charge in [0.15, 0.2) is 0 Å². The highest BCUT2D eigenvalue weighted by atomic mass is 14.8. The van der Waals surface area contributed by atoms with E-state index in [0.29, 0.717) is 0 Å². The van der Waals surface area contributed by atoms with Crippen LogP contribution in [0.5, 0.6) is 0 Å². The molecule has 0 N–H and O–H groups in total.